The van der Waals surface area contributed by atoms with E-state index in [0.717, 1.165) is 22.3 Å². The van der Waals surface area contributed by atoms with E-state index >= 15 is 0 Å². The van der Waals surface area contributed by atoms with Crippen LogP contribution in [0.15, 0.2) is 121 Å². The van der Waals surface area contributed by atoms with Gasteiger partial charge in [0.15, 0.2) is 0 Å². The number of esters is 1. The number of alkyl halides is 3. The topological polar surface area (TPSA) is 103 Å². The first-order chi connectivity index (χ1) is 26.1. The summed E-state index contributed by atoms with van der Waals surface area (Å²) in [7, 11) is 1.20. The summed E-state index contributed by atoms with van der Waals surface area (Å²) in [5, 5.41) is 2.78. The summed E-state index contributed by atoms with van der Waals surface area (Å²) in [4.78, 5) is 41.9. The van der Waals surface area contributed by atoms with Crippen LogP contribution in [0.25, 0.3) is 0 Å². The number of hydrogen-bond donors (Lipinski definition) is 1. The largest absolute Gasteiger partial charge is 0.471 e. The zero-order chi connectivity index (χ0) is 38.1. The second-order valence-electron chi connectivity index (χ2n) is 13.6. The number of ether oxygens (including phenoxy) is 4. The van der Waals surface area contributed by atoms with Crippen molar-refractivity contribution in [2.75, 3.05) is 13.7 Å². The average molecular weight is 745 g/mol. The predicted molar refractivity (Wildman–Crippen MR) is 192 cm³/mol. The molecule has 0 bridgehead atoms. The zero-order valence-corrected chi connectivity index (χ0v) is 29.8. The number of halogens is 3. The van der Waals surface area contributed by atoms with Crippen LogP contribution in [0, 0.1) is 5.41 Å². The highest BCUT2D eigenvalue weighted by atomic mass is 19.4. The Labute approximate surface area is 312 Å². The Kier molecular flexibility index (Phi) is 12.5. The molecule has 4 aromatic rings. The summed E-state index contributed by atoms with van der Waals surface area (Å²) in [6.45, 7) is -0.319. The Morgan fingerprint density at radius 2 is 1.19 bits per heavy atom. The number of carbonyl (C=O) groups excluding carboxylic acids is 3. The molecule has 1 saturated heterocycles. The molecule has 1 aliphatic carbocycles. The maximum absolute atomic E-state index is 14.7. The molecule has 1 N–H and O–H groups in total. The van der Waals surface area contributed by atoms with Gasteiger partial charge in [0.2, 0.25) is 5.91 Å². The monoisotopic (exact) mass is 744 g/mol. The van der Waals surface area contributed by atoms with Crippen molar-refractivity contribution in [3.8, 4) is 0 Å². The fourth-order valence-electron chi connectivity index (χ4n) is 7.18. The third-order valence-corrected chi connectivity index (χ3v) is 10.00. The minimum atomic E-state index is -5.30. The van der Waals surface area contributed by atoms with E-state index in [4.69, 9.17) is 18.9 Å². The maximum atomic E-state index is 14.7. The third kappa shape index (κ3) is 9.18. The normalized spacial score (nSPS) is 20.9. The fraction of sp³-hybridized carbons (Fsp3) is 0.357. The van der Waals surface area contributed by atoms with Gasteiger partial charge in [-0.25, -0.2) is 4.79 Å². The molecule has 54 heavy (non-hydrogen) atoms. The third-order valence-electron chi connectivity index (χ3n) is 10.00. The fourth-order valence-corrected chi connectivity index (χ4v) is 7.18. The van der Waals surface area contributed by atoms with Gasteiger partial charge in [-0.15, -0.1) is 0 Å². The summed E-state index contributed by atoms with van der Waals surface area (Å²) < 4.78 is 68.3. The lowest BCUT2D eigenvalue weighted by Crippen LogP contribution is -2.58. The molecule has 0 unspecified atom stereocenters. The van der Waals surface area contributed by atoms with E-state index in [0.29, 0.717) is 4.90 Å². The van der Waals surface area contributed by atoms with Gasteiger partial charge in [-0.1, -0.05) is 121 Å². The van der Waals surface area contributed by atoms with Crippen molar-refractivity contribution in [2.24, 2.45) is 5.41 Å². The molecular formula is C42H43F3N2O7. The van der Waals surface area contributed by atoms with Crippen LogP contribution in [0.3, 0.4) is 0 Å². The Hall–Kier alpha value is -5.04. The summed E-state index contributed by atoms with van der Waals surface area (Å²) in [5.74, 6) is -3.53. The highest BCUT2D eigenvalue weighted by molar-refractivity contribution is 5.92. The lowest BCUT2D eigenvalue weighted by molar-refractivity contribution is -0.192. The number of amides is 2. The highest BCUT2D eigenvalue weighted by Gasteiger charge is 2.69. The summed E-state index contributed by atoms with van der Waals surface area (Å²) in [6.07, 6.45) is -7.30. The number of nitrogens with one attached hydrogen (secondary N) is 1. The van der Waals surface area contributed by atoms with Gasteiger partial charge in [0.25, 0.3) is 0 Å². The first-order valence-corrected chi connectivity index (χ1v) is 17.9. The number of methoxy groups -OCH3 is 1. The molecule has 4 aromatic carbocycles. The van der Waals surface area contributed by atoms with Crippen molar-refractivity contribution in [3.63, 3.8) is 0 Å². The van der Waals surface area contributed by atoms with Crippen molar-refractivity contribution < 1.29 is 46.5 Å². The van der Waals surface area contributed by atoms with E-state index in [1.54, 1.807) is 24.3 Å². The molecule has 6 rings (SSSR count). The quantitative estimate of drug-likeness (QED) is 0.137. The predicted octanol–water partition coefficient (Wildman–Crippen LogP) is 6.20. The second kappa shape index (κ2) is 17.4. The van der Waals surface area contributed by atoms with Crippen LogP contribution in [0.1, 0.15) is 35.1 Å². The lowest BCUT2D eigenvalue weighted by Gasteiger charge is -2.36. The average Bonchev–Trinajstić information content (AvgIpc) is 3.94. The maximum Gasteiger partial charge on any atom is 0.471 e. The number of rotatable bonds is 16. The first-order valence-electron chi connectivity index (χ1n) is 17.9. The molecule has 1 saturated carbocycles. The number of hydrogen-bond acceptors (Lipinski definition) is 7. The standard InChI is InChI=1S/C42H43F3N2O7/c1-51-38(48)33(24-29-14-6-2-7-15-29)46-39(49)41(22-23-41)37-36(54-27-32-20-12-5-13-21-32)35(53-26-31-18-10-4-11-19-31)34(47(37)40(50)42(43,44)45)28-52-25-30-16-8-3-9-17-30/h2-21,33-37H,22-28H2,1H3,(H,46,49)/t33-,34+,35+,36-,37-/m0/s1. The Morgan fingerprint density at radius 1 is 0.722 bits per heavy atom. The number of benzene rings is 4. The molecule has 2 aliphatic rings. The van der Waals surface area contributed by atoms with E-state index in [2.05, 4.69) is 5.32 Å². The zero-order valence-electron chi connectivity index (χ0n) is 29.8. The van der Waals surface area contributed by atoms with E-state index in [9.17, 15) is 27.6 Å². The molecule has 1 heterocycles. The molecule has 0 radical (unpaired) electrons. The highest BCUT2D eigenvalue weighted by Crippen LogP contribution is 2.56. The van der Waals surface area contributed by atoms with Gasteiger partial charge >= 0.3 is 18.1 Å². The molecule has 5 atom stereocenters. The van der Waals surface area contributed by atoms with Crippen molar-refractivity contribution in [1.82, 2.24) is 10.2 Å². The molecule has 9 nitrogen and oxygen atoms in total. The van der Waals surface area contributed by atoms with Crippen LogP contribution < -0.4 is 5.32 Å². The summed E-state index contributed by atoms with van der Waals surface area (Å²) in [6, 6.07) is 32.4. The van der Waals surface area contributed by atoms with Crippen molar-refractivity contribution in [1.29, 1.82) is 0 Å². The van der Waals surface area contributed by atoms with Crippen LogP contribution in [0.2, 0.25) is 0 Å². The minimum absolute atomic E-state index is 0.00660. The molecule has 2 amide bonds. The molecule has 2 fully saturated rings. The van der Waals surface area contributed by atoms with Gasteiger partial charge in [0, 0.05) is 6.42 Å². The Balaban J connectivity index is 1.39. The second-order valence-corrected chi connectivity index (χ2v) is 13.6. The number of nitrogens with zero attached hydrogens (tertiary/aromatic N) is 1. The minimum Gasteiger partial charge on any atom is -0.467 e. The van der Waals surface area contributed by atoms with Crippen LogP contribution in [-0.2, 0) is 59.6 Å². The van der Waals surface area contributed by atoms with Crippen LogP contribution >= 0.6 is 0 Å². The van der Waals surface area contributed by atoms with Crippen LogP contribution in [0.4, 0.5) is 13.2 Å². The van der Waals surface area contributed by atoms with Crippen molar-refractivity contribution >= 4 is 17.8 Å². The molecule has 12 heteroatoms. The molecule has 1 aliphatic heterocycles. The number of likely N-dealkylation sites (tertiary alicyclic amines) is 1. The SMILES string of the molecule is COC(=O)[C@H](Cc1ccccc1)NC(=O)C1([C@@H]2[C@@H](OCc3ccccc3)[C@H](OCc3ccccc3)[C@@H](COCc3ccccc3)N2C(=O)C(F)(F)F)CC1. The lowest BCUT2D eigenvalue weighted by atomic mass is 9.89. The van der Waals surface area contributed by atoms with Crippen molar-refractivity contribution in [2.45, 2.75) is 75.6 Å². The van der Waals surface area contributed by atoms with Crippen LogP contribution in [0.5, 0.6) is 0 Å². The van der Waals surface area contributed by atoms with Gasteiger partial charge in [-0.2, -0.15) is 13.2 Å². The van der Waals surface area contributed by atoms with Gasteiger partial charge in [-0.3, -0.25) is 9.59 Å². The van der Waals surface area contributed by atoms with Gasteiger partial charge < -0.3 is 29.2 Å². The van der Waals surface area contributed by atoms with Crippen molar-refractivity contribution in [3.05, 3.63) is 144 Å². The van der Waals surface area contributed by atoms with E-state index < -0.39 is 59.7 Å². The smallest absolute Gasteiger partial charge is 0.467 e. The van der Waals surface area contributed by atoms with E-state index in [1.807, 2.05) is 97.1 Å². The number of carbonyl (C=O) groups is 3. The van der Waals surface area contributed by atoms with Gasteiger partial charge in [0.1, 0.15) is 18.2 Å². The van der Waals surface area contributed by atoms with Gasteiger partial charge in [-0.05, 0) is 35.1 Å². The van der Waals surface area contributed by atoms with Gasteiger partial charge in [0.05, 0.1) is 51.0 Å². The Morgan fingerprint density at radius 3 is 1.65 bits per heavy atom. The molecule has 284 valence electrons. The molecule has 0 aromatic heterocycles. The summed E-state index contributed by atoms with van der Waals surface area (Å²) >= 11 is 0. The van der Waals surface area contributed by atoms with E-state index in [-0.39, 0.29) is 45.7 Å². The first kappa shape index (κ1) is 38.7. The van der Waals surface area contributed by atoms with Crippen LogP contribution in [-0.4, -0.2) is 72.9 Å². The summed E-state index contributed by atoms with van der Waals surface area (Å²) in [5.41, 5.74) is 1.46. The molecule has 0 spiro atoms. The van der Waals surface area contributed by atoms with E-state index in [1.165, 1.54) is 7.11 Å². The Bertz CT molecular complexity index is 1830. The molecular weight excluding hydrogens is 701 g/mol.